The van der Waals surface area contributed by atoms with Crippen molar-refractivity contribution in [2.75, 3.05) is 18.8 Å². The summed E-state index contributed by atoms with van der Waals surface area (Å²) in [5.41, 5.74) is 6.58. The van der Waals surface area contributed by atoms with Crippen molar-refractivity contribution < 1.29 is 4.39 Å². The number of nitrogens with zero attached hydrogens (tertiary/aromatic N) is 1. The maximum Gasteiger partial charge on any atom is 0.146 e. The molecule has 2 nitrogen and oxygen atoms in total. The largest absolute Gasteiger partial charge is 0.396 e. The van der Waals surface area contributed by atoms with Crippen LogP contribution in [0.3, 0.4) is 0 Å². The molecule has 0 aliphatic rings. The SMILES string of the molecule is CCN(CC)Cc1ccc(N)c(F)c1. The van der Waals surface area contributed by atoms with E-state index in [0.717, 1.165) is 25.2 Å². The van der Waals surface area contributed by atoms with Gasteiger partial charge >= 0.3 is 0 Å². The van der Waals surface area contributed by atoms with Crippen LogP contribution in [0.15, 0.2) is 18.2 Å². The quantitative estimate of drug-likeness (QED) is 0.748. The van der Waals surface area contributed by atoms with Crippen molar-refractivity contribution in [2.45, 2.75) is 20.4 Å². The van der Waals surface area contributed by atoms with E-state index in [2.05, 4.69) is 18.7 Å². The molecule has 14 heavy (non-hydrogen) atoms. The number of anilines is 1. The number of nitrogens with two attached hydrogens (primary N) is 1. The van der Waals surface area contributed by atoms with Gasteiger partial charge in [-0.3, -0.25) is 4.90 Å². The summed E-state index contributed by atoms with van der Waals surface area (Å²) in [6, 6.07) is 5.00. The molecule has 1 rings (SSSR count). The molecule has 0 aliphatic heterocycles. The zero-order valence-electron chi connectivity index (χ0n) is 8.76. The molecule has 0 bridgehead atoms. The van der Waals surface area contributed by atoms with Gasteiger partial charge in [-0.25, -0.2) is 4.39 Å². The van der Waals surface area contributed by atoms with Crippen LogP contribution in [-0.4, -0.2) is 18.0 Å². The van der Waals surface area contributed by atoms with Gasteiger partial charge in [0.2, 0.25) is 0 Å². The van der Waals surface area contributed by atoms with E-state index in [1.165, 1.54) is 6.07 Å². The Balaban J connectivity index is 2.72. The molecule has 3 heteroatoms. The summed E-state index contributed by atoms with van der Waals surface area (Å²) in [6.07, 6.45) is 0. The average molecular weight is 196 g/mol. The Morgan fingerprint density at radius 2 is 1.93 bits per heavy atom. The fraction of sp³-hybridized carbons (Fsp3) is 0.455. The molecule has 1 aromatic carbocycles. The second kappa shape index (κ2) is 4.96. The van der Waals surface area contributed by atoms with Crippen molar-refractivity contribution in [3.8, 4) is 0 Å². The van der Waals surface area contributed by atoms with Crippen LogP contribution in [-0.2, 0) is 6.54 Å². The Morgan fingerprint density at radius 3 is 2.43 bits per heavy atom. The molecule has 1 aromatic rings. The first-order valence-corrected chi connectivity index (χ1v) is 4.93. The number of hydrogen-bond donors (Lipinski definition) is 1. The van der Waals surface area contributed by atoms with E-state index in [1.807, 2.05) is 6.07 Å². The van der Waals surface area contributed by atoms with E-state index < -0.39 is 0 Å². The summed E-state index contributed by atoms with van der Waals surface area (Å²) in [6.45, 7) is 6.92. The van der Waals surface area contributed by atoms with Crippen LogP contribution in [0, 0.1) is 5.82 Å². The van der Waals surface area contributed by atoms with Crippen LogP contribution in [0.25, 0.3) is 0 Å². The number of hydrogen-bond acceptors (Lipinski definition) is 2. The van der Waals surface area contributed by atoms with Crippen LogP contribution in [0.1, 0.15) is 19.4 Å². The minimum absolute atomic E-state index is 0.216. The van der Waals surface area contributed by atoms with Gasteiger partial charge in [0, 0.05) is 6.54 Å². The van der Waals surface area contributed by atoms with E-state index in [4.69, 9.17) is 5.73 Å². The molecule has 0 heterocycles. The number of rotatable bonds is 4. The maximum atomic E-state index is 13.1. The second-order valence-electron chi connectivity index (χ2n) is 3.32. The first-order valence-electron chi connectivity index (χ1n) is 4.93. The van der Waals surface area contributed by atoms with Gasteiger partial charge in [0.1, 0.15) is 5.82 Å². The molecule has 0 unspecified atom stereocenters. The zero-order valence-corrected chi connectivity index (χ0v) is 8.76. The third-order valence-electron chi connectivity index (χ3n) is 2.37. The average Bonchev–Trinajstić information content (AvgIpc) is 2.19. The summed E-state index contributed by atoms with van der Waals surface area (Å²) in [5.74, 6) is -0.324. The normalized spacial score (nSPS) is 10.9. The Kier molecular flexibility index (Phi) is 3.89. The molecule has 0 aromatic heterocycles. The molecule has 0 amide bonds. The minimum Gasteiger partial charge on any atom is -0.396 e. The highest BCUT2D eigenvalue weighted by molar-refractivity contribution is 5.41. The minimum atomic E-state index is -0.324. The summed E-state index contributed by atoms with van der Waals surface area (Å²) < 4.78 is 13.1. The highest BCUT2D eigenvalue weighted by Gasteiger charge is 2.03. The number of benzene rings is 1. The molecule has 2 N–H and O–H groups in total. The second-order valence-corrected chi connectivity index (χ2v) is 3.32. The van der Waals surface area contributed by atoms with Gasteiger partial charge in [0.05, 0.1) is 5.69 Å². The van der Waals surface area contributed by atoms with Crippen LogP contribution in [0.4, 0.5) is 10.1 Å². The van der Waals surface area contributed by atoms with E-state index in [-0.39, 0.29) is 11.5 Å². The van der Waals surface area contributed by atoms with Gasteiger partial charge in [0.15, 0.2) is 0 Å². The molecular formula is C11H17FN2. The van der Waals surface area contributed by atoms with Gasteiger partial charge in [0.25, 0.3) is 0 Å². The lowest BCUT2D eigenvalue weighted by atomic mass is 10.2. The Morgan fingerprint density at radius 1 is 1.29 bits per heavy atom. The highest BCUT2D eigenvalue weighted by atomic mass is 19.1. The van der Waals surface area contributed by atoms with Crippen molar-refractivity contribution in [1.82, 2.24) is 4.90 Å². The van der Waals surface area contributed by atoms with Gasteiger partial charge in [-0.2, -0.15) is 0 Å². The van der Waals surface area contributed by atoms with Crippen molar-refractivity contribution in [1.29, 1.82) is 0 Å². The van der Waals surface area contributed by atoms with Crippen LogP contribution < -0.4 is 5.73 Å². The standard InChI is InChI=1S/C11H17FN2/c1-3-14(4-2)8-9-5-6-11(13)10(12)7-9/h5-7H,3-4,8,13H2,1-2H3. The van der Waals surface area contributed by atoms with Crippen molar-refractivity contribution >= 4 is 5.69 Å². The molecule has 78 valence electrons. The van der Waals surface area contributed by atoms with Crippen molar-refractivity contribution in [2.24, 2.45) is 0 Å². The molecule has 0 saturated carbocycles. The van der Waals surface area contributed by atoms with Crippen molar-refractivity contribution in [3.05, 3.63) is 29.6 Å². The lowest BCUT2D eigenvalue weighted by Gasteiger charge is -2.17. The lowest BCUT2D eigenvalue weighted by Crippen LogP contribution is -2.22. The first kappa shape index (κ1) is 11.0. The molecule has 0 radical (unpaired) electrons. The highest BCUT2D eigenvalue weighted by Crippen LogP contribution is 2.13. The predicted molar refractivity (Wildman–Crippen MR) is 57.4 cm³/mol. The van der Waals surface area contributed by atoms with E-state index in [0.29, 0.717) is 0 Å². The van der Waals surface area contributed by atoms with E-state index >= 15 is 0 Å². The molecular weight excluding hydrogens is 179 g/mol. The first-order chi connectivity index (χ1) is 6.67. The topological polar surface area (TPSA) is 29.3 Å². The third-order valence-corrected chi connectivity index (χ3v) is 2.37. The molecule has 0 spiro atoms. The maximum absolute atomic E-state index is 13.1. The van der Waals surface area contributed by atoms with Crippen LogP contribution in [0.5, 0.6) is 0 Å². The van der Waals surface area contributed by atoms with Gasteiger partial charge in [-0.05, 0) is 30.8 Å². The Labute approximate surface area is 84.5 Å². The van der Waals surface area contributed by atoms with Gasteiger partial charge < -0.3 is 5.73 Å². The summed E-state index contributed by atoms with van der Waals surface area (Å²) in [7, 11) is 0. The molecule has 0 fully saturated rings. The molecule has 0 saturated heterocycles. The summed E-state index contributed by atoms with van der Waals surface area (Å²) >= 11 is 0. The van der Waals surface area contributed by atoms with E-state index in [9.17, 15) is 4.39 Å². The van der Waals surface area contributed by atoms with Crippen LogP contribution in [0.2, 0.25) is 0 Å². The number of nitrogen functional groups attached to an aromatic ring is 1. The predicted octanol–water partition coefficient (Wildman–Crippen LogP) is 2.25. The summed E-state index contributed by atoms with van der Waals surface area (Å²) in [4.78, 5) is 2.23. The smallest absolute Gasteiger partial charge is 0.146 e. The van der Waals surface area contributed by atoms with Gasteiger partial charge in [-0.1, -0.05) is 19.9 Å². The fourth-order valence-electron chi connectivity index (χ4n) is 1.37. The number of halogens is 1. The Bertz CT molecular complexity index is 295. The lowest BCUT2D eigenvalue weighted by molar-refractivity contribution is 0.295. The van der Waals surface area contributed by atoms with Crippen molar-refractivity contribution in [3.63, 3.8) is 0 Å². The summed E-state index contributed by atoms with van der Waals surface area (Å²) in [5, 5.41) is 0. The van der Waals surface area contributed by atoms with E-state index in [1.54, 1.807) is 6.07 Å². The van der Waals surface area contributed by atoms with Crippen LogP contribution >= 0.6 is 0 Å². The monoisotopic (exact) mass is 196 g/mol. The Hall–Kier alpha value is -1.09. The van der Waals surface area contributed by atoms with Gasteiger partial charge in [-0.15, -0.1) is 0 Å². The third kappa shape index (κ3) is 2.70. The zero-order chi connectivity index (χ0) is 10.6. The molecule has 0 atom stereocenters. The molecule has 0 aliphatic carbocycles. The fourth-order valence-corrected chi connectivity index (χ4v) is 1.37.